The summed E-state index contributed by atoms with van der Waals surface area (Å²) >= 11 is 1.25. The Kier molecular flexibility index (Phi) is 8.75. The average molecular weight is 531 g/mol. The van der Waals surface area contributed by atoms with E-state index in [0.29, 0.717) is 52.7 Å². The van der Waals surface area contributed by atoms with Gasteiger partial charge in [-0.3, -0.25) is 4.79 Å². The molecule has 0 bridgehead atoms. The van der Waals surface area contributed by atoms with Crippen molar-refractivity contribution in [3.8, 4) is 0 Å². The number of nitrogens with two attached hydrogens (primary N) is 1. The SMILES string of the molecule is CCN(CC)CCO/N=C(\C1=CC=C2OCOC2(C)C1)c1nc(N)nc2sc(C(=O)NCCOC)cc12. The second-order valence-corrected chi connectivity index (χ2v) is 9.88. The third-order valence-electron chi connectivity index (χ3n) is 6.38. The molecule has 1 saturated heterocycles. The highest BCUT2D eigenvalue weighted by Crippen LogP contribution is 2.39. The molecule has 4 rings (SSSR count). The van der Waals surface area contributed by atoms with Gasteiger partial charge in [0.25, 0.3) is 5.91 Å². The maximum Gasteiger partial charge on any atom is 0.261 e. The van der Waals surface area contributed by atoms with Crippen LogP contribution in [0.3, 0.4) is 0 Å². The van der Waals surface area contributed by atoms with E-state index in [1.807, 2.05) is 19.1 Å². The van der Waals surface area contributed by atoms with Crippen molar-refractivity contribution < 1.29 is 23.8 Å². The fourth-order valence-electron chi connectivity index (χ4n) is 4.23. The molecule has 37 heavy (non-hydrogen) atoms. The zero-order valence-electron chi connectivity index (χ0n) is 21.7. The number of aromatic nitrogens is 2. The minimum absolute atomic E-state index is 0.0887. The van der Waals surface area contributed by atoms with Gasteiger partial charge in [-0.15, -0.1) is 11.3 Å². The highest BCUT2D eigenvalue weighted by molar-refractivity contribution is 7.20. The number of ether oxygens (including phenoxy) is 3. The van der Waals surface area contributed by atoms with Crippen LogP contribution in [0.4, 0.5) is 5.95 Å². The molecule has 1 fully saturated rings. The molecule has 1 amide bonds. The van der Waals surface area contributed by atoms with Gasteiger partial charge in [0.1, 0.15) is 34.2 Å². The van der Waals surface area contributed by atoms with Crippen molar-refractivity contribution in [2.75, 3.05) is 59.0 Å². The summed E-state index contributed by atoms with van der Waals surface area (Å²) in [5.41, 5.74) is 7.38. The van der Waals surface area contributed by atoms with Gasteiger partial charge in [0.15, 0.2) is 6.79 Å². The summed E-state index contributed by atoms with van der Waals surface area (Å²) in [7, 11) is 1.59. The molecule has 1 atom stereocenters. The Bertz CT molecular complexity index is 1220. The molecule has 2 aromatic heterocycles. The summed E-state index contributed by atoms with van der Waals surface area (Å²) in [4.78, 5) is 30.8. The van der Waals surface area contributed by atoms with Crippen molar-refractivity contribution in [3.05, 3.63) is 40.1 Å². The number of oxime groups is 1. The molecule has 0 spiro atoms. The summed E-state index contributed by atoms with van der Waals surface area (Å²) in [6.45, 7) is 10.2. The van der Waals surface area contributed by atoms with E-state index in [1.54, 1.807) is 13.2 Å². The van der Waals surface area contributed by atoms with Crippen LogP contribution in [-0.4, -0.2) is 85.4 Å². The van der Waals surface area contributed by atoms with Crippen LogP contribution in [0, 0.1) is 0 Å². The largest absolute Gasteiger partial charge is 0.469 e. The fourth-order valence-corrected chi connectivity index (χ4v) is 5.18. The van der Waals surface area contributed by atoms with Crippen molar-refractivity contribution in [3.63, 3.8) is 0 Å². The number of amides is 1. The Morgan fingerprint density at radius 2 is 2.11 bits per heavy atom. The van der Waals surface area contributed by atoms with Gasteiger partial charge in [0.2, 0.25) is 5.95 Å². The van der Waals surface area contributed by atoms with E-state index in [4.69, 9.17) is 24.8 Å². The monoisotopic (exact) mass is 530 g/mol. The van der Waals surface area contributed by atoms with Crippen LogP contribution in [0.2, 0.25) is 0 Å². The molecular weight excluding hydrogens is 496 g/mol. The number of nitrogen functional groups attached to an aromatic ring is 1. The number of hydrogen-bond acceptors (Lipinski definition) is 11. The summed E-state index contributed by atoms with van der Waals surface area (Å²) < 4.78 is 16.5. The predicted octanol–water partition coefficient (Wildman–Crippen LogP) is 2.69. The van der Waals surface area contributed by atoms with Gasteiger partial charge in [0.05, 0.1) is 11.5 Å². The Balaban J connectivity index is 1.71. The number of rotatable bonds is 12. The quantitative estimate of drug-likeness (QED) is 0.241. The first-order valence-electron chi connectivity index (χ1n) is 12.3. The zero-order chi connectivity index (χ0) is 26.4. The number of methoxy groups -OCH3 is 1. The molecule has 11 nitrogen and oxygen atoms in total. The minimum atomic E-state index is -0.606. The van der Waals surface area contributed by atoms with Crippen LogP contribution in [-0.2, 0) is 19.0 Å². The molecule has 2 aromatic rings. The van der Waals surface area contributed by atoms with E-state index < -0.39 is 5.60 Å². The normalized spacial score (nSPS) is 19.4. The van der Waals surface area contributed by atoms with Gasteiger partial charge in [-0.1, -0.05) is 25.1 Å². The summed E-state index contributed by atoms with van der Waals surface area (Å²) in [5, 5.41) is 8.06. The zero-order valence-corrected chi connectivity index (χ0v) is 22.5. The average Bonchev–Trinajstić information content (AvgIpc) is 3.49. The van der Waals surface area contributed by atoms with Crippen LogP contribution >= 0.6 is 11.3 Å². The van der Waals surface area contributed by atoms with Crippen molar-refractivity contribution in [2.45, 2.75) is 32.8 Å². The first-order valence-corrected chi connectivity index (χ1v) is 13.2. The first kappa shape index (κ1) is 27.0. The maximum atomic E-state index is 12.7. The van der Waals surface area contributed by atoms with Crippen LogP contribution < -0.4 is 11.1 Å². The van der Waals surface area contributed by atoms with E-state index in [1.165, 1.54) is 11.3 Å². The lowest BCUT2D eigenvalue weighted by Gasteiger charge is -2.27. The second kappa shape index (κ2) is 12.0. The summed E-state index contributed by atoms with van der Waals surface area (Å²) in [6.07, 6.45) is 4.34. The lowest BCUT2D eigenvalue weighted by Crippen LogP contribution is -2.30. The number of carbonyl (C=O) groups excluding carboxylic acids is 1. The van der Waals surface area contributed by atoms with Crippen molar-refractivity contribution >= 4 is 39.1 Å². The van der Waals surface area contributed by atoms with Gasteiger partial charge >= 0.3 is 0 Å². The van der Waals surface area contributed by atoms with E-state index in [9.17, 15) is 4.79 Å². The number of allylic oxidation sites excluding steroid dienone is 2. The van der Waals surface area contributed by atoms with Gasteiger partial charge in [-0.2, -0.15) is 0 Å². The van der Waals surface area contributed by atoms with E-state index in [-0.39, 0.29) is 18.6 Å². The van der Waals surface area contributed by atoms with Crippen LogP contribution in [0.15, 0.2) is 34.7 Å². The fraction of sp³-hybridized carbons (Fsp3) is 0.520. The number of nitrogens with one attached hydrogen (secondary N) is 1. The van der Waals surface area contributed by atoms with E-state index >= 15 is 0 Å². The number of hydrogen-bond donors (Lipinski definition) is 2. The standard InChI is InChI=1S/C25H34N6O5S/c1-5-31(6-2)10-12-36-30-20(16-7-8-19-25(3,14-16)35-15-34-19)21-17-13-18(22(32)27-9-11-33-4)37-23(17)29-24(26)28-21/h7-8,13H,5-6,9-12,14-15H2,1-4H3,(H,27,32)(H2,26,28,29)/b30-20+. The van der Waals surface area contributed by atoms with Crippen LogP contribution in [0.1, 0.15) is 42.6 Å². The van der Waals surface area contributed by atoms with Gasteiger partial charge in [-0.25, -0.2) is 9.97 Å². The van der Waals surface area contributed by atoms with Crippen molar-refractivity contribution in [1.82, 2.24) is 20.2 Å². The Hall–Kier alpha value is -3.06. The first-order chi connectivity index (χ1) is 17.9. The van der Waals surface area contributed by atoms with Gasteiger partial charge in [-0.05, 0) is 37.7 Å². The number of anilines is 1. The molecular formula is C25H34N6O5S. The topological polar surface area (TPSA) is 133 Å². The predicted molar refractivity (Wildman–Crippen MR) is 143 cm³/mol. The number of thiophene rings is 1. The van der Waals surface area contributed by atoms with E-state index in [0.717, 1.165) is 31.0 Å². The highest BCUT2D eigenvalue weighted by atomic mass is 32.1. The van der Waals surface area contributed by atoms with Crippen LogP contribution in [0.5, 0.6) is 0 Å². The molecule has 1 aliphatic heterocycles. The lowest BCUT2D eigenvalue weighted by molar-refractivity contribution is 0.00325. The van der Waals surface area contributed by atoms with Crippen molar-refractivity contribution in [1.29, 1.82) is 0 Å². The number of fused-ring (bicyclic) bond motifs is 2. The molecule has 3 N–H and O–H groups in total. The second-order valence-electron chi connectivity index (χ2n) is 8.85. The Morgan fingerprint density at radius 3 is 2.86 bits per heavy atom. The number of carbonyl (C=O) groups is 1. The highest BCUT2D eigenvalue weighted by Gasteiger charge is 2.41. The maximum absolute atomic E-state index is 12.7. The molecule has 0 aromatic carbocycles. The molecule has 1 unspecified atom stereocenters. The van der Waals surface area contributed by atoms with Gasteiger partial charge in [0, 0.05) is 32.0 Å². The summed E-state index contributed by atoms with van der Waals surface area (Å²) in [6, 6.07) is 1.77. The molecule has 3 heterocycles. The molecule has 200 valence electrons. The smallest absolute Gasteiger partial charge is 0.261 e. The third kappa shape index (κ3) is 6.09. The van der Waals surface area contributed by atoms with Crippen LogP contribution in [0.25, 0.3) is 10.2 Å². The summed E-state index contributed by atoms with van der Waals surface area (Å²) in [5.74, 6) is 0.647. The van der Waals surface area contributed by atoms with Crippen molar-refractivity contribution in [2.24, 2.45) is 5.16 Å². The Labute approximate surface area is 220 Å². The Morgan fingerprint density at radius 1 is 1.30 bits per heavy atom. The molecule has 0 saturated carbocycles. The lowest BCUT2D eigenvalue weighted by atomic mass is 9.86. The minimum Gasteiger partial charge on any atom is -0.469 e. The molecule has 0 radical (unpaired) electrons. The third-order valence-corrected chi connectivity index (χ3v) is 7.41. The molecule has 1 aliphatic carbocycles. The van der Waals surface area contributed by atoms with Gasteiger partial charge < -0.3 is 35.0 Å². The number of nitrogens with zero attached hydrogens (tertiary/aromatic N) is 4. The molecule has 2 aliphatic rings. The number of likely N-dealkylation sites (N-methyl/N-ethyl adjacent to an activating group) is 1. The van der Waals surface area contributed by atoms with E-state index in [2.05, 4.69) is 39.2 Å². The molecule has 12 heteroatoms.